The topological polar surface area (TPSA) is 30.5 Å². The first kappa shape index (κ1) is 15.7. The van der Waals surface area contributed by atoms with Crippen LogP contribution < -0.4 is 14.8 Å². The molecular weight excluding hydrogens is 286 g/mol. The van der Waals surface area contributed by atoms with Gasteiger partial charge >= 0.3 is 0 Å². The van der Waals surface area contributed by atoms with Crippen LogP contribution in [0.2, 0.25) is 5.02 Å². The normalized spacial score (nSPS) is 10.4. The molecule has 0 unspecified atom stereocenters. The van der Waals surface area contributed by atoms with Crippen molar-refractivity contribution in [2.24, 2.45) is 0 Å². The Hall–Kier alpha value is -1.71. The highest BCUT2D eigenvalue weighted by atomic mass is 35.5. The Balaban J connectivity index is 1.95. The fourth-order valence-electron chi connectivity index (χ4n) is 2.09. The molecule has 4 heteroatoms. The average molecular weight is 306 g/mol. The van der Waals surface area contributed by atoms with Crippen LogP contribution in [0.25, 0.3) is 0 Å². The maximum atomic E-state index is 6.20. The van der Waals surface area contributed by atoms with Crippen molar-refractivity contribution in [1.29, 1.82) is 0 Å². The fraction of sp³-hybridized carbons (Fsp3) is 0.294. The number of rotatable bonds is 7. The van der Waals surface area contributed by atoms with E-state index in [4.69, 9.17) is 21.1 Å². The van der Waals surface area contributed by atoms with Gasteiger partial charge in [0, 0.05) is 23.6 Å². The van der Waals surface area contributed by atoms with Gasteiger partial charge in [0.1, 0.15) is 11.5 Å². The van der Waals surface area contributed by atoms with Crippen LogP contribution in [0, 0.1) is 0 Å². The van der Waals surface area contributed by atoms with Crippen molar-refractivity contribution in [3.8, 4) is 11.5 Å². The van der Waals surface area contributed by atoms with Gasteiger partial charge < -0.3 is 14.8 Å². The predicted octanol–water partition coefficient (Wildman–Crippen LogP) is 3.69. The summed E-state index contributed by atoms with van der Waals surface area (Å²) in [6.45, 7) is 1.31. The van der Waals surface area contributed by atoms with Gasteiger partial charge in [0.05, 0.1) is 13.7 Å². The number of hydrogen-bond donors (Lipinski definition) is 1. The van der Waals surface area contributed by atoms with Crippen LogP contribution in [0.1, 0.15) is 11.1 Å². The van der Waals surface area contributed by atoms with E-state index in [9.17, 15) is 0 Å². The molecule has 0 bridgehead atoms. The van der Waals surface area contributed by atoms with Gasteiger partial charge in [0.25, 0.3) is 0 Å². The highest BCUT2D eigenvalue weighted by Crippen LogP contribution is 2.26. The molecule has 0 radical (unpaired) electrons. The van der Waals surface area contributed by atoms with Gasteiger partial charge in [-0.2, -0.15) is 0 Å². The Morgan fingerprint density at radius 3 is 2.52 bits per heavy atom. The van der Waals surface area contributed by atoms with Crippen LogP contribution in [0.15, 0.2) is 42.5 Å². The standard InChI is InChI=1S/C17H20ClNO2/c1-19-12-15-16(18)4-3-5-17(15)21-11-10-13-6-8-14(20-2)9-7-13/h3-9,19H,10-12H2,1-2H3. The molecule has 0 aliphatic rings. The SMILES string of the molecule is CNCc1c(Cl)cccc1OCCc1ccc(OC)cc1. The van der Waals surface area contributed by atoms with Crippen molar-refractivity contribution >= 4 is 11.6 Å². The van der Waals surface area contributed by atoms with Crippen LogP contribution in [0.3, 0.4) is 0 Å². The smallest absolute Gasteiger partial charge is 0.125 e. The quantitative estimate of drug-likeness (QED) is 0.846. The zero-order valence-corrected chi connectivity index (χ0v) is 13.1. The maximum Gasteiger partial charge on any atom is 0.125 e. The molecule has 2 aromatic rings. The molecular formula is C17H20ClNO2. The van der Waals surface area contributed by atoms with Crippen LogP contribution in [-0.2, 0) is 13.0 Å². The molecule has 0 spiro atoms. The summed E-state index contributed by atoms with van der Waals surface area (Å²) in [6, 6.07) is 13.8. The first-order valence-electron chi connectivity index (χ1n) is 6.92. The minimum atomic E-state index is 0.614. The molecule has 0 saturated heterocycles. The summed E-state index contributed by atoms with van der Waals surface area (Å²) in [5.74, 6) is 1.70. The molecule has 0 atom stereocenters. The second-order valence-electron chi connectivity index (χ2n) is 4.69. The van der Waals surface area contributed by atoms with Crippen molar-refractivity contribution in [2.75, 3.05) is 20.8 Å². The molecule has 0 aliphatic carbocycles. The Morgan fingerprint density at radius 1 is 1.10 bits per heavy atom. The number of hydrogen-bond acceptors (Lipinski definition) is 3. The Labute approximate surface area is 130 Å². The van der Waals surface area contributed by atoms with Crippen molar-refractivity contribution in [3.05, 3.63) is 58.6 Å². The second-order valence-corrected chi connectivity index (χ2v) is 5.10. The third-order valence-electron chi connectivity index (χ3n) is 3.24. The third-order valence-corrected chi connectivity index (χ3v) is 3.59. The van der Waals surface area contributed by atoms with Gasteiger partial charge in [-0.05, 0) is 36.9 Å². The molecule has 3 nitrogen and oxygen atoms in total. The molecule has 0 heterocycles. The van der Waals surface area contributed by atoms with E-state index in [1.165, 1.54) is 5.56 Å². The van der Waals surface area contributed by atoms with Crippen LogP contribution in [0.4, 0.5) is 0 Å². The molecule has 0 amide bonds. The lowest BCUT2D eigenvalue weighted by atomic mass is 10.1. The van der Waals surface area contributed by atoms with Crippen molar-refractivity contribution in [1.82, 2.24) is 5.32 Å². The summed E-state index contributed by atoms with van der Waals surface area (Å²) in [5.41, 5.74) is 2.21. The summed E-state index contributed by atoms with van der Waals surface area (Å²) >= 11 is 6.20. The number of methoxy groups -OCH3 is 1. The first-order valence-corrected chi connectivity index (χ1v) is 7.30. The maximum absolute atomic E-state index is 6.20. The molecule has 0 fully saturated rings. The van der Waals surface area contributed by atoms with Gasteiger partial charge in [0.15, 0.2) is 0 Å². The number of halogens is 1. The lowest BCUT2D eigenvalue weighted by Gasteiger charge is -2.13. The van der Waals surface area contributed by atoms with Gasteiger partial charge in [-0.25, -0.2) is 0 Å². The minimum absolute atomic E-state index is 0.614. The van der Waals surface area contributed by atoms with Crippen LogP contribution in [0.5, 0.6) is 11.5 Å². The van der Waals surface area contributed by atoms with E-state index in [1.807, 2.05) is 37.4 Å². The lowest BCUT2D eigenvalue weighted by Crippen LogP contribution is -2.09. The van der Waals surface area contributed by atoms with Gasteiger partial charge in [-0.3, -0.25) is 0 Å². The molecule has 21 heavy (non-hydrogen) atoms. The summed E-state index contributed by atoms with van der Waals surface area (Å²) in [4.78, 5) is 0. The molecule has 0 aromatic heterocycles. The molecule has 2 aromatic carbocycles. The molecule has 0 saturated carbocycles. The van der Waals surface area contributed by atoms with Gasteiger partial charge in [-0.1, -0.05) is 29.8 Å². The molecule has 1 N–H and O–H groups in total. The highest BCUT2D eigenvalue weighted by molar-refractivity contribution is 6.31. The van der Waals surface area contributed by atoms with E-state index in [0.29, 0.717) is 13.2 Å². The average Bonchev–Trinajstić information content (AvgIpc) is 2.51. The molecule has 112 valence electrons. The number of nitrogens with one attached hydrogen (secondary N) is 1. The zero-order valence-electron chi connectivity index (χ0n) is 12.4. The van der Waals surface area contributed by atoms with Crippen molar-refractivity contribution < 1.29 is 9.47 Å². The zero-order chi connectivity index (χ0) is 15.1. The van der Waals surface area contributed by atoms with Crippen molar-refractivity contribution in [2.45, 2.75) is 13.0 Å². The summed E-state index contributed by atoms with van der Waals surface area (Å²) in [6.07, 6.45) is 0.843. The molecule has 2 rings (SSSR count). The first-order chi connectivity index (χ1) is 10.2. The van der Waals surface area contributed by atoms with Gasteiger partial charge in [0.2, 0.25) is 0 Å². The summed E-state index contributed by atoms with van der Waals surface area (Å²) in [5, 5.41) is 3.84. The van der Waals surface area contributed by atoms with E-state index >= 15 is 0 Å². The molecule has 0 aliphatic heterocycles. The van der Waals surface area contributed by atoms with E-state index < -0.39 is 0 Å². The van der Waals surface area contributed by atoms with Crippen molar-refractivity contribution in [3.63, 3.8) is 0 Å². The lowest BCUT2D eigenvalue weighted by molar-refractivity contribution is 0.318. The fourth-order valence-corrected chi connectivity index (χ4v) is 2.33. The second kappa shape index (κ2) is 7.91. The Kier molecular flexibility index (Phi) is 5.90. The van der Waals surface area contributed by atoms with E-state index in [0.717, 1.165) is 28.5 Å². The highest BCUT2D eigenvalue weighted by Gasteiger charge is 2.07. The Morgan fingerprint density at radius 2 is 1.86 bits per heavy atom. The summed E-state index contributed by atoms with van der Waals surface area (Å²) < 4.78 is 11.0. The van der Waals surface area contributed by atoms with E-state index in [2.05, 4.69) is 17.4 Å². The largest absolute Gasteiger partial charge is 0.497 e. The Bertz CT molecular complexity index is 570. The van der Waals surface area contributed by atoms with Crippen LogP contribution >= 0.6 is 11.6 Å². The number of benzene rings is 2. The third kappa shape index (κ3) is 4.38. The van der Waals surface area contributed by atoms with Gasteiger partial charge in [-0.15, -0.1) is 0 Å². The predicted molar refractivity (Wildman–Crippen MR) is 86.4 cm³/mol. The summed E-state index contributed by atoms with van der Waals surface area (Å²) in [7, 11) is 3.56. The van der Waals surface area contributed by atoms with E-state index in [-0.39, 0.29) is 0 Å². The van der Waals surface area contributed by atoms with Crippen LogP contribution in [-0.4, -0.2) is 20.8 Å². The van der Waals surface area contributed by atoms with E-state index in [1.54, 1.807) is 7.11 Å². The monoisotopic (exact) mass is 305 g/mol. The minimum Gasteiger partial charge on any atom is -0.497 e. The number of ether oxygens (including phenoxy) is 2.